The minimum absolute atomic E-state index is 0.250. The average Bonchev–Trinajstić information content (AvgIpc) is 2.66. The molecule has 0 radical (unpaired) electrons. The minimum atomic E-state index is -1.21. The Balaban J connectivity index is 2.17. The van der Waals surface area contributed by atoms with Crippen LogP contribution in [0.2, 0.25) is 5.02 Å². The Morgan fingerprint density at radius 1 is 1.50 bits per heavy atom. The molecule has 0 spiro atoms. The quantitative estimate of drug-likeness (QED) is 0.885. The molecule has 1 aromatic carbocycles. The smallest absolute Gasteiger partial charge is 0.377 e. The van der Waals surface area contributed by atoms with Gasteiger partial charge >= 0.3 is 5.97 Å². The predicted octanol–water partition coefficient (Wildman–Crippen LogP) is 2.01. The Labute approximate surface area is 95.7 Å². The van der Waals surface area contributed by atoms with Crippen LogP contribution in [0.3, 0.4) is 0 Å². The first-order chi connectivity index (χ1) is 7.65. The first-order valence-electron chi connectivity index (χ1n) is 4.45. The van der Waals surface area contributed by atoms with E-state index < -0.39 is 5.97 Å². The van der Waals surface area contributed by atoms with Gasteiger partial charge in [-0.1, -0.05) is 23.7 Å². The summed E-state index contributed by atoms with van der Waals surface area (Å²) in [5.41, 5.74) is 0.882. The zero-order chi connectivity index (χ0) is 11.5. The molecule has 0 aliphatic carbocycles. The van der Waals surface area contributed by atoms with Gasteiger partial charge in [-0.25, -0.2) is 4.79 Å². The average molecular weight is 239 g/mol. The van der Waals surface area contributed by atoms with E-state index in [1.54, 1.807) is 18.2 Å². The van der Waals surface area contributed by atoms with E-state index in [0.29, 0.717) is 11.4 Å². The molecule has 0 atom stereocenters. The summed E-state index contributed by atoms with van der Waals surface area (Å²) in [7, 11) is 0. The second kappa shape index (κ2) is 4.32. The highest BCUT2D eigenvalue weighted by molar-refractivity contribution is 6.30. The molecule has 2 rings (SSSR count). The maximum Gasteiger partial charge on any atom is 0.377 e. The molecule has 0 fully saturated rings. The molecule has 6 heteroatoms. The second-order valence-corrected chi connectivity index (χ2v) is 3.56. The van der Waals surface area contributed by atoms with Crippen molar-refractivity contribution >= 4 is 17.6 Å². The summed E-state index contributed by atoms with van der Waals surface area (Å²) in [5, 5.41) is 12.5. The molecule has 0 saturated heterocycles. The zero-order valence-electron chi connectivity index (χ0n) is 8.05. The molecule has 1 aromatic heterocycles. The molecular formula is C10H7ClN2O3. The fourth-order valence-electron chi connectivity index (χ4n) is 1.24. The topological polar surface area (TPSA) is 76.2 Å². The standard InChI is InChI=1S/C10H7ClN2O3/c11-7-3-1-2-6(4-7)5-8-12-9(10(14)15)13-16-8/h1-4H,5H2,(H,14,15). The van der Waals surface area contributed by atoms with Crippen molar-refractivity contribution < 1.29 is 14.4 Å². The van der Waals surface area contributed by atoms with Crippen LogP contribution >= 0.6 is 11.6 Å². The van der Waals surface area contributed by atoms with Gasteiger partial charge in [0.1, 0.15) is 0 Å². The van der Waals surface area contributed by atoms with Crippen LogP contribution in [0.15, 0.2) is 28.8 Å². The molecule has 16 heavy (non-hydrogen) atoms. The summed E-state index contributed by atoms with van der Waals surface area (Å²) in [5.74, 6) is -1.29. The highest BCUT2D eigenvalue weighted by Crippen LogP contribution is 2.13. The van der Waals surface area contributed by atoms with Crippen molar-refractivity contribution in [2.24, 2.45) is 0 Å². The van der Waals surface area contributed by atoms with Gasteiger partial charge in [0.25, 0.3) is 5.82 Å². The van der Waals surface area contributed by atoms with Gasteiger partial charge in [-0.3, -0.25) is 0 Å². The second-order valence-electron chi connectivity index (χ2n) is 3.12. The maximum atomic E-state index is 10.5. The van der Waals surface area contributed by atoms with E-state index in [9.17, 15) is 4.79 Å². The van der Waals surface area contributed by atoms with Crippen molar-refractivity contribution in [3.8, 4) is 0 Å². The minimum Gasteiger partial charge on any atom is -0.475 e. The summed E-state index contributed by atoms with van der Waals surface area (Å²) in [6.07, 6.45) is 0.362. The van der Waals surface area contributed by atoms with Gasteiger partial charge in [0.15, 0.2) is 0 Å². The van der Waals surface area contributed by atoms with Crippen molar-refractivity contribution in [3.05, 3.63) is 46.6 Å². The molecule has 0 saturated carbocycles. The number of carboxylic acids is 1. The van der Waals surface area contributed by atoms with Crippen LogP contribution in [0.25, 0.3) is 0 Å². The molecule has 1 N–H and O–H groups in total. The van der Waals surface area contributed by atoms with Gasteiger partial charge in [0.05, 0.1) is 6.42 Å². The predicted molar refractivity (Wildman–Crippen MR) is 55.5 cm³/mol. The molecule has 82 valence electrons. The van der Waals surface area contributed by atoms with Gasteiger partial charge in [-0.05, 0) is 22.9 Å². The van der Waals surface area contributed by atoms with Gasteiger partial charge in [-0.15, -0.1) is 0 Å². The molecule has 0 amide bonds. The lowest BCUT2D eigenvalue weighted by atomic mass is 10.1. The van der Waals surface area contributed by atoms with E-state index in [2.05, 4.69) is 10.1 Å². The SMILES string of the molecule is O=C(O)c1noc(Cc2cccc(Cl)c2)n1. The Kier molecular flexibility index (Phi) is 2.87. The molecule has 5 nitrogen and oxygen atoms in total. The van der Waals surface area contributed by atoms with Crippen LogP contribution in [0.1, 0.15) is 22.1 Å². The number of hydrogen-bond donors (Lipinski definition) is 1. The normalized spacial score (nSPS) is 10.3. The number of carboxylic acid groups (broad SMARTS) is 1. The molecule has 1 heterocycles. The third kappa shape index (κ3) is 2.38. The molecule has 0 aliphatic rings. The van der Waals surface area contributed by atoms with E-state index in [0.717, 1.165) is 5.56 Å². The van der Waals surface area contributed by atoms with E-state index in [1.807, 2.05) is 6.07 Å². The fourth-order valence-corrected chi connectivity index (χ4v) is 1.45. The summed E-state index contributed by atoms with van der Waals surface area (Å²) < 4.78 is 4.78. The number of halogens is 1. The maximum absolute atomic E-state index is 10.5. The van der Waals surface area contributed by atoms with Crippen molar-refractivity contribution in [3.63, 3.8) is 0 Å². The number of benzene rings is 1. The lowest BCUT2D eigenvalue weighted by molar-refractivity contribution is 0.0680. The zero-order valence-corrected chi connectivity index (χ0v) is 8.81. The van der Waals surface area contributed by atoms with Gasteiger partial charge in [-0.2, -0.15) is 4.98 Å². The molecule has 2 aromatic rings. The summed E-state index contributed by atoms with van der Waals surface area (Å²) in [6, 6.07) is 7.15. The Morgan fingerprint density at radius 3 is 2.94 bits per heavy atom. The highest BCUT2D eigenvalue weighted by atomic mass is 35.5. The van der Waals surface area contributed by atoms with Crippen LogP contribution < -0.4 is 0 Å². The first kappa shape index (κ1) is 10.6. The highest BCUT2D eigenvalue weighted by Gasteiger charge is 2.12. The first-order valence-corrected chi connectivity index (χ1v) is 4.83. The van der Waals surface area contributed by atoms with Gasteiger partial charge in [0, 0.05) is 5.02 Å². The van der Waals surface area contributed by atoms with Crippen LogP contribution in [0.5, 0.6) is 0 Å². The summed E-state index contributed by atoms with van der Waals surface area (Å²) >= 11 is 5.81. The third-order valence-corrected chi connectivity index (χ3v) is 2.14. The number of rotatable bonds is 3. The Bertz CT molecular complexity index is 524. The van der Waals surface area contributed by atoms with E-state index >= 15 is 0 Å². The number of nitrogens with zero attached hydrogens (tertiary/aromatic N) is 2. The van der Waals surface area contributed by atoms with Crippen molar-refractivity contribution in [2.75, 3.05) is 0 Å². The molecule has 0 bridgehead atoms. The lowest BCUT2D eigenvalue weighted by Gasteiger charge is -1.96. The van der Waals surface area contributed by atoms with Crippen LogP contribution in [-0.4, -0.2) is 21.2 Å². The number of hydrogen-bond acceptors (Lipinski definition) is 4. The van der Waals surface area contributed by atoms with Gasteiger partial charge in [0.2, 0.25) is 5.89 Å². The van der Waals surface area contributed by atoms with Crippen molar-refractivity contribution in [2.45, 2.75) is 6.42 Å². The molecular weight excluding hydrogens is 232 g/mol. The monoisotopic (exact) mass is 238 g/mol. The summed E-state index contributed by atoms with van der Waals surface area (Å²) in [4.78, 5) is 14.2. The van der Waals surface area contributed by atoms with E-state index in [1.165, 1.54) is 0 Å². The molecule has 0 unspecified atom stereocenters. The number of carbonyl (C=O) groups is 1. The van der Waals surface area contributed by atoms with Crippen LogP contribution in [0.4, 0.5) is 0 Å². The largest absolute Gasteiger partial charge is 0.475 e. The lowest BCUT2D eigenvalue weighted by Crippen LogP contribution is -1.99. The Hall–Kier alpha value is -1.88. The fraction of sp³-hybridized carbons (Fsp3) is 0.100. The van der Waals surface area contributed by atoms with E-state index in [-0.39, 0.29) is 11.7 Å². The van der Waals surface area contributed by atoms with Crippen molar-refractivity contribution in [1.82, 2.24) is 10.1 Å². The van der Waals surface area contributed by atoms with Crippen molar-refractivity contribution in [1.29, 1.82) is 0 Å². The van der Waals surface area contributed by atoms with Crippen LogP contribution in [0, 0.1) is 0 Å². The summed E-state index contributed by atoms with van der Waals surface area (Å²) in [6.45, 7) is 0. The Morgan fingerprint density at radius 2 is 2.31 bits per heavy atom. The number of aromatic carboxylic acids is 1. The molecule has 0 aliphatic heterocycles. The van der Waals surface area contributed by atoms with Gasteiger partial charge < -0.3 is 9.63 Å². The van der Waals surface area contributed by atoms with Crippen LogP contribution in [-0.2, 0) is 6.42 Å². The van der Waals surface area contributed by atoms with E-state index in [4.69, 9.17) is 21.2 Å². The number of aromatic nitrogens is 2. The third-order valence-electron chi connectivity index (χ3n) is 1.90.